The van der Waals surface area contributed by atoms with Gasteiger partial charge in [-0.1, -0.05) is 0 Å². The number of fused-ring (bicyclic) bond motifs is 1. The summed E-state index contributed by atoms with van der Waals surface area (Å²) in [5, 5.41) is 9.69. The van der Waals surface area contributed by atoms with E-state index in [1.165, 1.54) is 13.2 Å². The van der Waals surface area contributed by atoms with Crippen LogP contribution in [0.1, 0.15) is 26.3 Å². The highest BCUT2D eigenvalue weighted by Gasteiger charge is 2.34. The van der Waals surface area contributed by atoms with E-state index in [1.807, 2.05) is 0 Å². The minimum atomic E-state index is -0.821. The maximum absolute atomic E-state index is 11.2. The minimum absolute atomic E-state index is 0.0416. The van der Waals surface area contributed by atoms with E-state index < -0.39 is 11.9 Å². The van der Waals surface area contributed by atoms with Gasteiger partial charge in [-0.3, -0.25) is 0 Å². The van der Waals surface area contributed by atoms with Crippen molar-refractivity contribution >= 4 is 11.9 Å². The van der Waals surface area contributed by atoms with Crippen LogP contribution in [-0.2, 0) is 4.74 Å². The van der Waals surface area contributed by atoms with Gasteiger partial charge in [-0.15, -0.1) is 0 Å². The fraction of sp³-hybridized carbons (Fsp3) is 0.200. The molecule has 5 nitrogen and oxygen atoms in total. The lowest BCUT2D eigenvalue weighted by Gasteiger charge is -2.07. The summed E-state index contributed by atoms with van der Waals surface area (Å²) in [6.07, 6.45) is 0. The summed E-state index contributed by atoms with van der Waals surface area (Å²) in [5.74, 6) is -1.50. The van der Waals surface area contributed by atoms with E-state index in [1.54, 1.807) is 6.92 Å². The Balaban J connectivity index is 2.77. The summed E-state index contributed by atoms with van der Waals surface area (Å²) in [6.45, 7) is 1.59. The van der Waals surface area contributed by atoms with Crippen LogP contribution in [0.4, 0.5) is 0 Å². The smallest absolute Gasteiger partial charge is 0.350 e. The van der Waals surface area contributed by atoms with Gasteiger partial charge in [-0.2, -0.15) is 0 Å². The molecule has 1 aliphatic heterocycles. The van der Waals surface area contributed by atoms with Gasteiger partial charge in [-0.25, -0.2) is 9.59 Å². The van der Waals surface area contributed by atoms with Crippen molar-refractivity contribution in [1.82, 2.24) is 0 Å². The van der Waals surface area contributed by atoms with Crippen molar-refractivity contribution < 1.29 is 24.2 Å². The normalized spacial score (nSPS) is 13.7. The molecule has 0 unspecified atom stereocenters. The van der Waals surface area contributed by atoms with Crippen molar-refractivity contribution in [3.63, 3.8) is 0 Å². The summed E-state index contributed by atoms with van der Waals surface area (Å²) in [6, 6.07) is 1.39. The molecule has 1 heterocycles. The SMILES string of the molecule is COc1cc2c(c(O)c1C)C(=O)OC2=O. The third kappa shape index (κ3) is 1.16. The van der Waals surface area contributed by atoms with Crippen LogP contribution in [0.5, 0.6) is 11.5 Å². The van der Waals surface area contributed by atoms with E-state index in [4.69, 9.17) is 4.74 Å². The number of benzene rings is 1. The molecule has 78 valence electrons. The highest BCUT2D eigenvalue weighted by molar-refractivity contribution is 6.16. The molecule has 1 aromatic carbocycles. The number of ether oxygens (including phenoxy) is 2. The predicted molar refractivity (Wildman–Crippen MR) is 49.1 cm³/mol. The molecule has 1 aliphatic rings. The Morgan fingerprint density at radius 1 is 1.33 bits per heavy atom. The topological polar surface area (TPSA) is 72.8 Å². The van der Waals surface area contributed by atoms with E-state index in [0.717, 1.165) is 0 Å². The molecule has 0 spiro atoms. The van der Waals surface area contributed by atoms with Gasteiger partial charge in [0.05, 0.1) is 12.7 Å². The minimum Gasteiger partial charge on any atom is -0.507 e. The standard InChI is InChI=1S/C10H8O5/c1-4-6(14-2)3-5-7(8(4)11)10(13)15-9(5)12/h3,11H,1-2H3. The van der Waals surface area contributed by atoms with Gasteiger partial charge in [0.2, 0.25) is 0 Å². The Bertz CT molecular complexity index is 475. The number of cyclic esters (lactones) is 2. The molecule has 1 N–H and O–H groups in total. The Morgan fingerprint density at radius 2 is 2.00 bits per heavy atom. The third-order valence-corrected chi connectivity index (χ3v) is 2.34. The Morgan fingerprint density at radius 3 is 2.60 bits per heavy atom. The van der Waals surface area contributed by atoms with Crippen molar-refractivity contribution in [2.75, 3.05) is 7.11 Å². The van der Waals surface area contributed by atoms with Gasteiger partial charge < -0.3 is 14.6 Å². The Labute approximate surface area is 85.2 Å². The number of aromatic hydroxyl groups is 1. The van der Waals surface area contributed by atoms with Gasteiger partial charge in [-0.05, 0) is 13.0 Å². The molecule has 5 heteroatoms. The zero-order valence-corrected chi connectivity index (χ0v) is 8.16. The van der Waals surface area contributed by atoms with E-state index in [-0.39, 0.29) is 16.9 Å². The van der Waals surface area contributed by atoms with Gasteiger partial charge in [0.1, 0.15) is 17.1 Å². The van der Waals surface area contributed by atoms with Crippen LogP contribution >= 0.6 is 0 Å². The van der Waals surface area contributed by atoms with Crippen molar-refractivity contribution in [3.8, 4) is 11.5 Å². The zero-order valence-electron chi connectivity index (χ0n) is 8.16. The molecule has 0 radical (unpaired) electrons. The number of esters is 2. The predicted octanol–water partition coefficient (Wildman–Crippen LogP) is 1.02. The number of phenolic OH excluding ortho intramolecular Hbond substituents is 1. The van der Waals surface area contributed by atoms with Crippen LogP contribution in [0, 0.1) is 6.92 Å². The van der Waals surface area contributed by atoms with Crippen LogP contribution < -0.4 is 4.74 Å². The molecule has 1 aromatic rings. The maximum atomic E-state index is 11.2. The lowest BCUT2D eigenvalue weighted by atomic mass is 10.0. The van der Waals surface area contributed by atoms with Crippen LogP contribution in [0.15, 0.2) is 6.07 Å². The number of phenols is 1. The average Bonchev–Trinajstić information content (AvgIpc) is 2.47. The van der Waals surface area contributed by atoms with E-state index in [2.05, 4.69) is 4.74 Å². The van der Waals surface area contributed by atoms with Gasteiger partial charge in [0.25, 0.3) is 0 Å². The molecule has 0 saturated heterocycles. The van der Waals surface area contributed by atoms with E-state index >= 15 is 0 Å². The quantitative estimate of drug-likeness (QED) is 0.551. The second-order valence-electron chi connectivity index (χ2n) is 3.15. The summed E-state index contributed by atoms with van der Waals surface area (Å²) >= 11 is 0. The molecule has 0 aromatic heterocycles. The summed E-state index contributed by atoms with van der Waals surface area (Å²) < 4.78 is 9.33. The van der Waals surface area contributed by atoms with Crippen LogP contribution in [0.2, 0.25) is 0 Å². The zero-order chi connectivity index (χ0) is 11.2. The number of methoxy groups -OCH3 is 1. The molecule has 0 bridgehead atoms. The van der Waals surface area contributed by atoms with Gasteiger partial charge in [0, 0.05) is 5.56 Å². The monoisotopic (exact) mass is 208 g/mol. The average molecular weight is 208 g/mol. The van der Waals surface area contributed by atoms with Crippen molar-refractivity contribution in [2.24, 2.45) is 0 Å². The maximum Gasteiger partial charge on any atom is 0.350 e. The first-order valence-corrected chi connectivity index (χ1v) is 4.23. The molecule has 0 atom stereocenters. The highest BCUT2D eigenvalue weighted by Crippen LogP contribution is 2.37. The number of rotatable bonds is 1. The Hall–Kier alpha value is -2.04. The molecule has 0 saturated carbocycles. The fourth-order valence-corrected chi connectivity index (χ4v) is 1.51. The number of hydrogen-bond donors (Lipinski definition) is 1. The van der Waals surface area contributed by atoms with Crippen LogP contribution in [0.25, 0.3) is 0 Å². The number of carbonyl (C=O) groups excluding carboxylic acids is 2. The first-order chi connectivity index (χ1) is 7.06. The summed E-state index contributed by atoms with van der Waals surface area (Å²) in [4.78, 5) is 22.4. The molecule has 15 heavy (non-hydrogen) atoms. The van der Waals surface area contributed by atoms with Crippen molar-refractivity contribution in [1.29, 1.82) is 0 Å². The molecule has 0 aliphatic carbocycles. The lowest BCUT2D eigenvalue weighted by Crippen LogP contribution is -1.97. The second kappa shape index (κ2) is 2.98. The lowest BCUT2D eigenvalue weighted by molar-refractivity contribution is 0.0443. The van der Waals surface area contributed by atoms with Crippen molar-refractivity contribution in [2.45, 2.75) is 6.92 Å². The van der Waals surface area contributed by atoms with Gasteiger partial charge in [0.15, 0.2) is 0 Å². The molecule has 2 rings (SSSR count). The van der Waals surface area contributed by atoms with Crippen molar-refractivity contribution in [3.05, 3.63) is 22.8 Å². The van der Waals surface area contributed by atoms with Gasteiger partial charge >= 0.3 is 11.9 Å². The molecule has 0 fully saturated rings. The third-order valence-electron chi connectivity index (χ3n) is 2.34. The van der Waals surface area contributed by atoms with E-state index in [0.29, 0.717) is 11.3 Å². The molecule has 0 amide bonds. The molecular weight excluding hydrogens is 200 g/mol. The first kappa shape index (κ1) is 9.51. The highest BCUT2D eigenvalue weighted by atomic mass is 16.6. The van der Waals surface area contributed by atoms with E-state index in [9.17, 15) is 14.7 Å². The Kier molecular flexibility index (Phi) is 1.89. The van der Waals surface area contributed by atoms with Crippen LogP contribution in [-0.4, -0.2) is 24.2 Å². The molecular formula is C10H8O5. The first-order valence-electron chi connectivity index (χ1n) is 4.23. The number of hydrogen-bond acceptors (Lipinski definition) is 5. The van der Waals surface area contributed by atoms with Crippen LogP contribution in [0.3, 0.4) is 0 Å². The fourth-order valence-electron chi connectivity index (χ4n) is 1.51. The summed E-state index contributed by atoms with van der Waals surface area (Å²) in [5.41, 5.74) is 0.362. The number of carbonyl (C=O) groups is 2. The largest absolute Gasteiger partial charge is 0.507 e. The summed E-state index contributed by atoms with van der Waals surface area (Å²) in [7, 11) is 1.41. The second-order valence-corrected chi connectivity index (χ2v) is 3.15.